The molecule has 0 saturated heterocycles. The van der Waals surface area contributed by atoms with Gasteiger partial charge in [-0.2, -0.15) is 0 Å². The van der Waals surface area contributed by atoms with E-state index in [2.05, 4.69) is 27.7 Å². The SMILES string of the molecule is CC1(C)CCCC(=O)CC1(C)C. The molecule has 0 atom stereocenters. The maximum Gasteiger partial charge on any atom is 0.133 e. The first-order chi connectivity index (χ1) is 5.35. The summed E-state index contributed by atoms with van der Waals surface area (Å²) in [6, 6.07) is 0. The van der Waals surface area contributed by atoms with Crippen molar-refractivity contribution in [2.45, 2.75) is 53.4 Å². The van der Waals surface area contributed by atoms with Crippen LogP contribution in [0.5, 0.6) is 0 Å². The minimum absolute atomic E-state index is 0.181. The molecule has 12 heavy (non-hydrogen) atoms. The lowest BCUT2D eigenvalue weighted by atomic mass is 9.65. The van der Waals surface area contributed by atoms with E-state index in [4.69, 9.17) is 0 Å². The fourth-order valence-electron chi connectivity index (χ4n) is 1.89. The van der Waals surface area contributed by atoms with Crippen LogP contribution in [0.2, 0.25) is 0 Å². The van der Waals surface area contributed by atoms with Crippen molar-refractivity contribution in [1.82, 2.24) is 0 Å². The van der Waals surface area contributed by atoms with E-state index in [-0.39, 0.29) is 5.41 Å². The van der Waals surface area contributed by atoms with Gasteiger partial charge in [-0.15, -0.1) is 0 Å². The highest BCUT2D eigenvalue weighted by molar-refractivity contribution is 5.79. The molecule has 1 fully saturated rings. The van der Waals surface area contributed by atoms with Crippen LogP contribution in [0.25, 0.3) is 0 Å². The van der Waals surface area contributed by atoms with E-state index in [0.29, 0.717) is 11.2 Å². The van der Waals surface area contributed by atoms with E-state index in [1.807, 2.05) is 0 Å². The molecule has 0 N–H and O–H groups in total. The van der Waals surface area contributed by atoms with Crippen LogP contribution in [-0.4, -0.2) is 5.78 Å². The molecule has 0 aliphatic heterocycles. The Morgan fingerprint density at radius 1 is 1.08 bits per heavy atom. The molecule has 1 nitrogen and oxygen atoms in total. The molecule has 1 aliphatic carbocycles. The van der Waals surface area contributed by atoms with Gasteiger partial charge in [0.1, 0.15) is 5.78 Å². The number of carbonyl (C=O) groups is 1. The average Bonchev–Trinajstić information content (AvgIpc) is 1.90. The van der Waals surface area contributed by atoms with Gasteiger partial charge in [0.2, 0.25) is 0 Å². The molecule has 0 amide bonds. The monoisotopic (exact) mass is 168 g/mol. The molecule has 1 heteroatoms. The van der Waals surface area contributed by atoms with Gasteiger partial charge >= 0.3 is 0 Å². The summed E-state index contributed by atoms with van der Waals surface area (Å²) in [7, 11) is 0. The maximum atomic E-state index is 11.4. The summed E-state index contributed by atoms with van der Waals surface area (Å²) in [6.45, 7) is 9.00. The highest BCUT2D eigenvalue weighted by Gasteiger charge is 2.39. The van der Waals surface area contributed by atoms with Crippen molar-refractivity contribution in [3.63, 3.8) is 0 Å². The third-order valence-electron chi connectivity index (χ3n) is 3.73. The van der Waals surface area contributed by atoms with Gasteiger partial charge in [-0.25, -0.2) is 0 Å². The summed E-state index contributed by atoms with van der Waals surface area (Å²) in [5.41, 5.74) is 0.500. The van der Waals surface area contributed by atoms with Gasteiger partial charge in [-0.05, 0) is 23.7 Å². The molecule has 0 aromatic heterocycles. The van der Waals surface area contributed by atoms with E-state index in [9.17, 15) is 4.79 Å². The number of rotatable bonds is 0. The van der Waals surface area contributed by atoms with Crippen LogP contribution in [-0.2, 0) is 4.79 Å². The van der Waals surface area contributed by atoms with Crippen LogP contribution in [0.1, 0.15) is 53.4 Å². The van der Waals surface area contributed by atoms with Gasteiger partial charge in [-0.3, -0.25) is 4.79 Å². The molecule has 0 aromatic carbocycles. The summed E-state index contributed by atoms with van der Waals surface area (Å²) < 4.78 is 0. The molecular weight excluding hydrogens is 148 g/mol. The third-order valence-corrected chi connectivity index (χ3v) is 3.73. The predicted octanol–water partition coefficient (Wildman–Crippen LogP) is 3.18. The molecule has 70 valence electrons. The van der Waals surface area contributed by atoms with Crippen molar-refractivity contribution in [3.8, 4) is 0 Å². The Kier molecular flexibility index (Phi) is 2.33. The number of hydrogen-bond acceptors (Lipinski definition) is 1. The molecule has 1 saturated carbocycles. The standard InChI is InChI=1S/C11H20O/c1-10(2)7-5-6-9(12)8-11(10,3)4/h5-8H2,1-4H3. The largest absolute Gasteiger partial charge is 0.300 e. The van der Waals surface area contributed by atoms with Crippen molar-refractivity contribution in [2.75, 3.05) is 0 Å². The van der Waals surface area contributed by atoms with Gasteiger partial charge in [0.25, 0.3) is 0 Å². The molecule has 1 aliphatic rings. The van der Waals surface area contributed by atoms with Gasteiger partial charge in [0.15, 0.2) is 0 Å². The van der Waals surface area contributed by atoms with Crippen molar-refractivity contribution >= 4 is 5.78 Å². The first kappa shape index (κ1) is 9.76. The van der Waals surface area contributed by atoms with Gasteiger partial charge in [0, 0.05) is 12.8 Å². The van der Waals surface area contributed by atoms with Gasteiger partial charge in [0.05, 0.1) is 0 Å². The van der Waals surface area contributed by atoms with Crippen molar-refractivity contribution < 1.29 is 4.79 Å². The Labute approximate surface area is 75.5 Å². The van der Waals surface area contributed by atoms with E-state index in [1.165, 1.54) is 6.42 Å². The first-order valence-electron chi connectivity index (χ1n) is 4.87. The Morgan fingerprint density at radius 3 is 2.25 bits per heavy atom. The lowest BCUT2D eigenvalue weighted by Crippen LogP contribution is -2.32. The predicted molar refractivity (Wildman–Crippen MR) is 51.0 cm³/mol. The van der Waals surface area contributed by atoms with Crippen LogP contribution in [0, 0.1) is 10.8 Å². The summed E-state index contributed by atoms with van der Waals surface area (Å²) in [5.74, 6) is 0.450. The molecule has 0 spiro atoms. The lowest BCUT2D eigenvalue weighted by Gasteiger charge is -2.39. The van der Waals surface area contributed by atoms with E-state index < -0.39 is 0 Å². The van der Waals surface area contributed by atoms with Gasteiger partial charge in [-0.1, -0.05) is 27.7 Å². The Hall–Kier alpha value is -0.330. The minimum Gasteiger partial charge on any atom is -0.300 e. The summed E-state index contributed by atoms with van der Waals surface area (Å²) in [6.07, 6.45) is 3.83. The van der Waals surface area contributed by atoms with Crippen LogP contribution < -0.4 is 0 Å². The summed E-state index contributed by atoms with van der Waals surface area (Å²) >= 11 is 0. The number of hydrogen-bond donors (Lipinski definition) is 0. The zero-order valence-electron chi connectivity index (χ0n) is 8.74. The molecule has 0 aromatic rings. The molecule has 0 heterocycles. The number of carbonyl (C=O) groups excluding carboxylic acids is 1. The molecule has 0 radical (unpaired) electrons. The van der Waals surface area contributed by atoms with E-state index >= 15 is 0 Å². The number of Topliss-reactive ketones (excluding diaryl/α,β-unsaturated/α-hetero) is 1. The smallest absolute Gasteiger partial charge is 0.133 e. The highest BCUT2D eigenvalue weighted by Crippen LogP contribution is 2.47. The second kappa shape index (κ2) is 2.86. The van der Waals surface area contributed by atoms with Crippen molar-refractivity contribution in [2.24, 2.45) is 10.8 Å². The average molecular weight is 168 g/mol. The normalized spacial score (nSPS) is 28.2. The minimum atomic E-state index is 0.181. The van der Waals surface area contributed by atoms with Crippen LogP contribution in [0.3, 0.4) is 0 Å². The fourth-order valence-corrected chi connectivity index (χ4v) is 1.89. The van der Waals surface area contributed by atoms with Crippen LogP contribution >= 0.6 is 0 Å². The molecular formula is C11H20O. The Bertz CT molecular complexity index is 189. The summed E-state index contributed by atoms with van der Waals surface area (Å²) in [4.78, 5) is 11.4. The lowest BCUT2D eigenvalue weighted by molar-refractivity contribution is -0.121. The molecule has 1 rings (SSSR count). The zero-order chi connectivity index (χ0) is 9.41. The second-order valence-electron chi connectivity index (χ2n) is 5.34. The fraction of sp³-hybridized carbons (Fsp3) is 0.909. The van der Waals surface area contributed by atoms with Crippen LogP contribution in [0.15, 0.2) is 0 Å². The van der Waals surface area contributed by atoms with E-state index in [1.54, 1.807) is 0 Å². The zero-order valence-corrected chi connectivity index (χ0v) is 8.74. The Balaban J connectivity index is 2.85. The van der Waals surface area contributed by atoms with Crippen molar-refractivity contribution in [3.05, 3.63) is 0 Å². The quantitative estimate of drug-likeness (QED) is 0.508. The molecule has 0 bridgehead atoms. The summed E-state index contributed by atoms with van der Waals surface area (Å²) in [5, 5.41) is 0. The topological polar surface area (TPSA) is 17.1 Å². The third kappa shape index (κ3) is 1.70. The Morgan fingerprint density at radius 2 is 1.67 bits per heavy atom. The highest BCUT2D eigenvalue weighted by atomic mass is 16.1. The maximum absolute atomic E-state index is 11.4. The second-order valence-corrected chi connectivity index (χ2v) is 5.34. The van der Waals surface area contributed by atoms with Crippen LogP contribution in [0.4, 0.5) is 0 Å². The molecule has 0 unspecified atom stereocenters. The first-order valence-corrected chi connectivity index (χ1v) is 4.87. The van der Waals surface area contributed by atoms with Crippen molar-refractivity contribution in [1.29, 1.82) is 0 Å². The number of ketones is 1. The van der Waals surface area contributed by atoms with E-state index in [0.717, 1.165) is 19.3 Å². The van der Waals surface area contributed by atoms with Gasteiger partial charge < -0.3 is 0 Å².